The van der Waals surface area contributed by atoms with Gasteiger partial charge in [0.15, 0.2) is 17.3 Å². The van der Waals surface area contributed by atoms with Gasteiger partial charge in [-0.25, -0.2) is 4.39 Å². The first-order valence-electron chi connectivity index (χ1n) is 3.96. The van der Waals surface area contributed by atoms with E-state index in [4.69, 9.17) is 9.84 Å². The van der Waals surface area contributed by atoms with Crippen molar-refractivity contribution in [3.05, 3.63) is 21.9 Å². The molecule has 5 heteroatoms. The molecule has 0 bridgehead atoms. The maximum absolute atomic E-state index is 13.6. The number of methoxy groups -OCH3 is 1. The van der Waals surface area contributed by atoms with E-state index in [1.165, 1.54) is 13.2 Å². The zero-order chi connectivity index (χ0) is 10.7. The molecule has 0 aromatic heterocycles. The fourth-order valence-corrected chi connectivity index (χ4v) is 1.75. The van der Waals surface area contributed by atoms with Crippen molar-refractivity contribution in [1.82, 2.24) is 0 Å². The van der Waals surface area contributed by atoms with Gasteiger partial charge < -0.3 is 14.9 Å². The molecule has 0 heterocycles. The Hall–Kier alpha value is -0.810. The van der Waals surface area contributed by atoms with E-state index in [-0.39, 0.29) is 24.5 Å². The van der Waals surface area contributed by atoms with Crippen molar-refractivity contribution in [2.75, 3.05) is 13.7 Å². The minimum Gasteiger partial charge on any atom is -0.504 e. The van der Waals surface area contributed by atoms with Gasteiger partial charge in [-0.2, -0.15) is 0 Å². The fraction of sp³-hybridized carbons (Fsp3) is 0.333. The molecule has 0 saturated carbocycles. The van der Waals surface area contributed by atoms with Gasteiger partial charge in [0.1, 0.15) is 0 Å². The van der Waals surface area contributed by atoms with Crippen LogP contribution < -0.4 is 4.74 Å². The number of hydrogen-bond acceptors (Lipinski definition) is 3. The summed E-state index contributed by atoms with van der Waals surface area (Å²) in [4.78, 5) is 0. The van der Waals surface area contributed by atoms with Crippen LogP contribution in [0.25, 0.3) is 0 Å². The molecular weight excluding hydrogens is 255 g/mol. The Balaban J connectivity index is 3.28. The van der Waals surface area contributed by atoms with Crippen LogP contribution in [0.2, 0.25) is 0 Å². The molecule has 0 aliphatic heterocycles. The lowest BCUT2D eigenvalue weighted by Crippen LogP contribution is -1.99. The third-order valence-electron chi connectivity index (χ3n) is 1.81. The highest BCUT2D eigenvalue weighted by molar-refractivity contribution is 9.10. The SMILES string of the molecule is COc1c(O)cc(Br)c(CCO)c1F. The highest BCUT2D eigenvalue weighted by atomic mass is 79.9. The lowest BCUT2D eigenvalue weighted by Gasteiger charge is -2.10. The highest BCUT2D eigenvalue weighted by Crippen LogP contribution is 2.36. The Labute approximate surface area is 89.3 Å². The zero-order valence-corrected chi connectivity index (χ0v) is 9.14. The Bertz CT molecular complexity index is 341. The molecule has 2 N–H and O–H groups in total. The summed E-state index contributed by atoms with van der Waals surface area (Å²) in [5, 5.41) is 18.0. The smallest absolute Gasteiger partial charge is 0.196 e. The molecule has 14 heavy (non-hydrogen) atoms. The Morgan fingerprint density at radius 2 is 2.21 bits per heavy atom. The molecule has 0 saturated heterocycles. The minimum atomic E-state index is -0.645. The van der Waals surface area contributed by atoms with Crippen LogP contribution in [0.5, 0.6) is 11.5 Å². The Morgan fingerprint density at radius 1 is 1.57 bits per heavy atom. The van der Waals surface area contributed by atoms with Crippen LogP contribution in [0.15, 0.2) is 10.5 Å². The van der Waals surface area contributed by atoms with Crippen molar-refractivity contribution in [2.45, 2.75) is 6.42 Å². The average Bonchev–Trinajstić information content (AvgIpc) is 2.12. The first-order valence-corrected chi connectivity index (χ1v) is 4.75. The van der Waals surface area contributed by atoms with E-state index in [2.05, 4.69) is 15.9 Å². The predicted molar refractivity (Wildman–Crippen MR) is 53.1 cm³/mol. The number of aromatic hydroxyl groups is 1. The molecular formula is C9H10BrFO3. The van der Waals surface area contributed by atoms with Crippen molar-refractivity contribution in [3.63, 3.8) is 0 Å². The molecule has 0 aliphatic carbocycles. The van der Waals surface area contributed by atoms with E-state index < -0.39 is 5.82 Å². The monoisotopic (exact) mass is 264 g/mol. The zero-order valence-electron chi connectivity index (χ0n) is 7.55. The van der Waals surface area contributed by atoms with E-state index in [1.54, 1.807) is 0 Å². The highest BCUT2D eigenvalue weighted by Gasteiger charge is 2.16. The van der Waals surface area contributed by atoms with Crippen LogP contribution in [0, 0.1) is 5.82 Å². The summed E-state index contributed by atoms with van der Waals surface area (Å²) in [6.07, 6.45) is 0.170. The summed E-state index contributed by atoms with van der Waals surface area (Å²) in [7, 11) is 1.27. The molecule has 0 aliphatic rings. The standard InChI is InChI=1S/C9H10BrFO3/c1-14-9-7(13)4-6(10)5(2-3-12)8(9)11/h4,12-13H,2-3H2,1H3. The van der Waals surface area contributed by atoms with Gasteiger partial charge in [0.25, 0.3) is 0 Å². The number of rotatable bonds is 3. The van der Waals surface area contributed by atoms with Crippen LogP contribution in [-0.2, 0) is 6.42 Å². The number of ether oxygens (including phenoxy) is 1. The number of phenolic OH excluding ortho intramolecular Hbond substituents is 1. The van der Waals surface area contributed by atoms with Gasteiger partial charge in [-0.3, -0.25) is 0 Å². The Morgan fingerprint density at radius 3 is 2.71 bits per heavy atom. The van der Waals surface area contributed by atoms with Crippen LogP contribution in [0.4, 0.5) is 4.39 Å². The largest absolute Gasteiger partial charge is 0.504 e. The summed E-state index contributed by atoms with van der Waals surface area (Å²) < 4.78 is 18.7. The van der Waals surface area contributed by atoms with E-state index in [1.807, 2.05) is 0 Å². The number of aliphatic hydroxyl groups is 1. The summed E-state index contributed by atoms with van der Waals surface area (Å²) in [6, 6.07) is 1.34. The molecule has 1 aromatic rings. The van der Waals surface area contributed by atoms with Gasteiger partial charge in [-0.1, -0.05) is 15.9 Å². The second kappa shape index (κ2) is 4.61. The quantitative estimate of drug-likeness (QED) is 0.876. The van der Waals surface area contributed by atoms with Crippen molar-refractivity contribution in [3.8, 4) is 11.5 Å². The molecule has 1 aromatic carbocycles. The van der Waals surface area contributed by atoms with Crippen LogP contribution >= 0.6 is 15.9 Å². The number of hydrogen-bond donors (Lipinski definition) is 2. The summed E-state index contributed by atoms with van der Waals surface area (Å²) >= 11 is 3.10. The molecule has 3 nitrogen and oxygen atoms in total. The first-order chi connectivity index (χ1) is 6.61. The van der Waals surface area contributed by atoms with Gasteiger partial charge in [-0.15, -0.1) is 0 Å². The van der Waals surface area contributed by atoms with Crippen molar-refractivity contribution in [1.29, 1.82) is 0 Å². The molecule has 0 fully saturated rings. The van der Waals surface area contributed by atoms with Crippen LogP contribution in [0.3, 0.4) is 0 Å². The summed E-state index contributed by atoms with van der Waals surface area (Å²) in [5.41, 5.74) is 0.294. The van der Waals surface area contributed by atoms with Crippen LogP contribution in [-0.4, -0.2) is 23.9 Å². The van der Waals surface area contributed by atoms with Gasteiger partial charge in [0.2, 0.25) is 0 Å². The minimum absolute atomic E-state index is 0.163. The number of aliphatic hydroxyl groups excluding tert-OH is 1. The van der Waals surface area contributed by atoms with E-state index >= 15 is 0 Å². The Kier molecular flexibility index (Phi) is 3.71. The molecule has 0 amide bonds. The van der Waals surface area contributed by atoms with Crippen molar-refractivity contribution >= 4 is 15.9 Å². The molecule has 0 unspecified atom stereocenters. The second-order valence-corrected chi connectivity index (χ2v) is 3.53. The number of halogens is 2. The lowest BCUT2D eigenvalue weighted by atomic mass is 10.1. The third kappa shape index (κ3) is 1.99. The average molecular weight is 265 g/mol. The molecule has 78 valence electrons. The lowest BCUT2D eigenvalue weighted by molar-refractivity contribution is 0.295. The molecule has 0 atom stereocenters. The maximum atomic E-state index is 13.6. The van der Waals surface area contributed by atoms with Gasteiger partial charge >= 0.3 is 0 Å². The van der Waals surface area contributed by atoms with Crippen LogP contribution in [0.1, 0.15) is 5.56 Å². The summed E-state index contributed by atoms with van der Waals surface area (Å²) in [5.74, 6) is -1.11. The number of phenols is 1. The van der Waals surface area contributed by atoms with E-state index in [0.29, 0.717) is 10.0 Å². The fourth-order valence-electron chi connectivity index (χ4n) is 1.16. The van der Waals surface area contributed by atoms with Gasteiger partial charge in [-0.05, 0) is 12.5 Å². The van der Waals surface area contributed by atoms with Crippen molar-refractivity contribution in [2.24, 2.45) is 0 Å². The molecule has 1 rings (SSSR count). The van der Waals surface area contributed by atoms with Crippen molar-refractivity contribution < 1.29 is 19.3 Å². The third-order valence-corrected chi connectivity index (χ3v) is 2.52. The predicted octanol–water partition coefficient (Wildman–Crippen LogP) is 1.84. The first kappa shape index (κ1) is 11.3. The molecule has 0 radical (unpaired) electrons. The second-order valence-electron chi connectivity index (χ2n) is 2.68. The normalized spacial score (nSPS) is 10.3. The maximum Gasteiger partial charge on any atom is 0.196 e. The van der Waals surface area contributed by atoms with Gasteiger partial charge in [0, 0.05) is 16.6 Å². The van der Waals surface area contributed by atoms with Gasteiger partial charge in [0.05, 0.1) is 7.11 Å². The summed E-state index contributed by atoms with van der Waals surface area (Å²) in [6.45, 7) is -0.163. The van der Waals surface area contributed by atoms with E-state index in [9.17, 15) is 9.50 Å². The topological polar surface area (TPSA) is 49.7 Å². The molecule has 0 spiro atoms. The van der Waals surface area contributed by atoms with E-state index in [0.717, 1.165) is 0 Å². The number of benzene rings is 1.